The van der Waals surface area contributed by atoms with Crippen molar-refractivity contribution in [1.82, 2.24) is 4.57 Å². The number of hydrogen-bond acceptors (Lipinski definition) is 14. The first-order valence-corrected chi connectivity index (χ1v) is 18.9. The van der Waals surface area contributed by atoms with Crippen molar-refractivity contribution in [3.63, 3.8) is 0 Å². The van der Waals surface area contributed by atoms with E-state index in [1.165, 1.54) is 29.0 Å². The number of nitrogens with zero attached hydrogens (tertiary/aromatic N) is 1. The van der Waals surface area contributed by atoms with Crippen molar-refractivity contribution in [2.45, 2.75) is 120 Å². The average molecular weight is 846 g/mol. The minimum Gasteiger partial charge on any atom is -0.504 e. The van der Waals surface area contributed by atoms with Crippen molar-refractivity contribution in [3.05, 3.63) is 130 Å². The van der Waals surface area contributed by atoms with Crippen molar-refractivity contribution in [2.75, 3.05) is 0 Å². The fourth-order valence-corrected chi connectivity index (χ4v) is 4.59. The van der Waals surface area contributed by atoms with Crippen LogP contribution in [0.25, 0.3) is 0 Å². The molecule has 13 nitrogen and oxygen atoms in total. The van der Waals surface area contributed by atoms with E-state index in [4.69, 9.17) is 62.5 Å². The highest BCUT2D eigenvalue weighted by Crippen LogP contribution is 2.24. The molecule has 0 aliphatic rings. The van der Waals surface area contributed by atoms with Crippen LogP contribution in [0.4, 0.5) is 0 Å². The number of rotatable bonds is 5. The zero-order valence-electron chi connectivity index (χ0n) is 34.4. The standard InChI is InChI=1S/C9H12O3.C9H12O2S.C8H11NO2.C8H10O3.C8H10O2S.CH4/c1-5(2)8-4-7(10)9(11)6(3)12-8;1-5(2)7-4-8(12)9(10)6(3)11-7;1-6(2)9-5-3-4-7(10)8(9)11;1-5(2)8-3-6(9)7(10)4-11-8;1-5(2)7-3-8(11)6(9)4-10-7;/h4-5,11H,1-3H3;4-5,10H,1-3H3;3-6,10H,1-2H3;3-5,10H,1-2H3;3-5,9H,1-2H3;1H4. The molecule has 5 heterocycles. The Morgan fingerprint density at radius 2 is 0.966 bits per heavy atom. The van der Waals surface area contributed by atoms with Gasteiger partial charge in [-0.3, -0.25) is 14.4 Å². The first-order valence-electron chi connectivity index (χ1n) is 18.1. The second-order valence-electron chi connectivity index (χ2n) is 14.2. The van der Waals surface area contributed by atoms with Gasteiger partial charge in [0.25, 0.3) is 5.56 Å². The van der Waals surface area contributed by atoms with Gasteiger partial charge in [-0.25, -0.2) is 0 Å². The molecule has 0 saturated heterocycles. The summed E-state index contributed by atoms with van der Waals surface area (Å²) in [7, 11) is 0. The van der Waals surface area contributed by atoms with Gasteiger partial charge in [0.05, 0.1) is 9.02 Å². The van der Waals surface area contributed by atoms with Crippen LogP contribution >= 0.6 is 24.4 Å². The highest BCUT2D eigenvalue weighted by Gasteiger charge is 2.10. The minimum atomic E-state index is -0.389. The van der Waals surface area contributed by atoms with Crippen LogP contribution in [-0.2, 0) is 0 Å². The van der Waals surface area contributed by atoms with E-state index in [1.807, 2.05) is 69.2 Å². The van der Waals surface area contributed by atoms with E-state index in [9.17, 15) is 19.5 Å². The van der Waals surface area contributed by atoms with Gasteiger partial charge in [0.15, 0.2) is 23.0 Å². The summed E-state index contributed by atoms with van der Waals surface area (Å²) in [5.74, 6) is 3.81. The summed E-state index contributed by atoms with van der Waals surface area (Å²) in [5.41, 5.74) is -1.09. The van der Waals surface area contributed by atoms with E-state index >= 15 is 0 Å². The summed E-state index contributed by atoms with van der Waals surface area (Å²) >= 11 is 9.79. The van der Waals surface area contributed by atoms with Gasteiger partial charge in [-0.15, -0.1) is 0 Å². The normalized spacial score (nSPS) is 10.4. The van der Waals surface area contributed by atoms with Crippen molar-refractivity contribution in [2.24, 2.45) is 0 Å². The van der Waals surface area contributed by atoms with Gasteiger partial charge in [-0.05, 0) is 52.0 Å². The second-order valence-corrected chi connectivity index (χ2v) is 15.1. The molecule has 0 aromatic carbocycles. The molecule has 0 unspecified atom stereocenters. The number of aryl methyl sites for hydroxylation is 2. The van der Waals surface area contributed by atoms with Gasteiger partial charge in [-0.1, -0.05) is 87.3 Å². The van der Waals surface area contributed by atoms with Crippen molar-refractivity contribution in [1.29, 1.82) is 0 Å². The Kier molecular flexibility index (Phi) is 22.1. The maximum atomic E-state index is 11.1. The average Bonchev–Trinajstić information content (AvgIpc) is 3.13. The smallest absolute Gasteiger partial charge is 0.292 e. The van der Waals surface area contributed by atoms with Crippen LogP contribution in [0.1, 0.15) is 141 Å². The molecular weight excluding hydrogens is 787 g/mol. The zero-order valence-corrected chi connectivity index (χ0v) is 36.1. The lowest BCUT2D eigenvalue weighted by molar-refractivity contribution is 0.385. The van der Waals surface area contributed by atoms with E-state index in [1.54, 1.807) is 38.2 Å². The molecule has 0 aliphatic heterocycles. The summed E-state index contributed by atoms with van der Waals surface area (Å²) in [4.78, 5) is 33.0. The maximum absolute atomic E-state index is 11.1. The zero-order chi connectivity index (χ0) is 43.9. The van der Waals surface area contributed by atoms with E-state index in [0.717, 1.165) is 17.8 Å². The van der Waals surface area contributed by atoms with Gasteiger partial charge >= 0.3 is 0 Å². The Morgan fingerprint density at radius 3 is 1.36 bits per heavy atom. The Labute approximate surface area is 349 Å². The molecule has 5 rings (SSSR count). The summed E-state index contributed by atoms with van der Waals surface area (Å²) in [6, 6.07) is 9.14. The molecule has 320 valence electrons. The highest BCUT2D eigenvalue weighted by molar-refractivity contribution is 7.71. The molecule has 0 aliphatic carbocycles. The maximum Gasteiger partial charge on any atom is 0.292 e. The minimum absolute atomic E-state index is 0. The van der Waals surface area contributed by atoms with Crippen LogP contribution in [0.3, 0.4) is 0 Å². The summed E-state index contributed by atoms with van der Waals surface area (Å²) < 4.78 is 23.0. The van der Waals surface area contributed by atoms with Crippen molar-refractivity contribution >= 4 is 24.4 Å². The number of aromatic nitrogens is 1. The Hall–Kier alpha value is -5.41. The molecule has 0 amide bonds. The first kappa shape index (κ1) is 52.6. The lowest BCUT2D eigenvalue weighted by Gasteiger charge is -2.08. The fraction of sp³-hybridized carbons (Fsp3) is 0.419. The third kappa shape index (κ3) is 16.6. The van der Waals surface area contributed by atoms with Crippen LogP contribution in [0.15, 0.2) is 87.2 Å². The molecule has 0 radical (unpaired) electrons. The summed E-state index contributed by atoms with van der Waals surface area (Å²) in [5, 5.41) is 45.3. The lowest BCUT2D eigenvalue weighted by Crippen LogP contribution is -2.19. The van der Waals surface area contributed by atoms with E-state index in [-0.39, 0.29) is 76.2 Å². The SMILES string of the molecule is C.CC(C)c1cc(=O)c(O)co1.CC(C)c1cc(=S)c(O)co1.CC(C)n1cccc(O)c1=O.Cc1oc(C(C)C)cc(=O)c1O.Cc1oc(C(C)C)cc(=S)c1O. The lowest BCUT2D eigenvalue weighted by atomic mass is 10.1. The summed E-state index contributed by atoms with van der Waals surface area (Å²) in [6.07, 6.45) is 4.00. The molecule has 0 fully saturated rings. The molecular formula is C43H59NO12S2. The fourth-order valence-electron chi connectivity index (χ4n) is 4.17. The third-order valence-corrected chi connectivity index (χ3v) is 8.31. The predicted molar refractivity (Wildman–Crippen MR) is 231 cm³/mol. The predicted octanol–water partition coefficient (Wildman–Crippen LogP) is 11.0. The molecule has 0 spiro atoms. The van der Waals surface area contributed by atoms with Crippen LogP contribution in [0.5, 0.6) is 28.7 Å². The van der Waals surface area contributed by atoms with Crippen molar-refractivity contribution in [3.8, 4) is 28.7 Å². The molecule has 0 saturated carbocycles. The molecule has 58 heavy (non-hydrogen) atoms. The number of aromatic hydroxyl groups is 5. The Balaban J connectivity index is 0.000000698. The Bertz CT molecular complexity index is 2210. The van der Waals surface area contributed by atoms with E-state index in [2.05, 4.69) is 0 Å². The number of hydrogen-bond donors (Lipinski definition) is 5. The number of pyridine rings is 1. The second kappa shape index (κ2) is 24.4. The molecule has 5 aromatic rings. The van der Waals surface area contributed by atoms with Gasteiger partial charge in [0, 0.05) is 48.0 Å². The third-order valence-electron chi connectivity index (χ3n) is 7.67. The molecule has 0 atom stereocenters. The van der Waals surface area contributed by atoms with Gasteiger partial charge < -0.3 is 47.8 Å². The first-order chi connectivity index (χ1) is 26.4. The molecule has 5 aromatic heterocycles. The topological polar surface area (TPSA) is 210 Å². The van der Waals surface area contributed by atoms with Crippen molar-refractivity contribution < 1.29 is 43.2 Å². The van der Waals surface area contributed by atoms with Crippen LogP contribution in [0.2, 0.25) is 0 Å². The van der Waals surface area contributed by atoms with Gasteiger partial charge in [0.2, 0.25) is 16.6 Å². The van der Waals surface area contributed by atoms with Crippen LogP contribution < -0.4 is 16.4 Å². The molecule has 0 bridgehead atoms. The van der Waals surface area contributed by atoms with Crippen LogP contribution in [0, 0.1) is 22.9 Å². The van der Waals surface area contributed by atoms with E-state index < -0.39 is 0 Å². The highest BCUT2D eigenvalue weighted by atomic mass is 32.1. The monoisotopic (exact) mass is 845 g/mol. The van der Waals surface area contributed by atoms with Crippen LogP contribution in [-0.4, -0.2) is 30.1 Å². The largest absolute Gasteiger partial charge is 0.504 e. The molecule has 5 N–H and O–H groups in total. The quantitative estimate of drug-likeness (QED) is 0.104. The van der Waals surface area contributed by atoms with Gasteiger partial charge in [-0.2, -0.15) is 0 Å². The van der Waals surface area contributed by atoms with Gasteiger partial charge in [0.1, 0.15) is 47.1 Å². The molecule has 15 heteroatoms. The Morgan fingerprint density at radius 1 is 0.552 bits per heavy atom. The van der Waals surface area contributed by atoms with E-state index in [0.29, 0.717) is 38.1 Å². The summed E-state index contributed by atoms with van der Waals surface area (Å²) in [6.45, 7) is 22.8.